The minimum absolute atomic E-state index is 0.281. The van der Waals surface area contributed by atoms with E-state index in [1.165, 1.54) is 25.3 Å². The minimum Gasteiger partial charge on any atom is -0.497 e. The maximum Gasteiger partial charge on any atom is 0.337 e. The predicted octanol–water partition coefficient (Wildman–Crippen LogP) is 3.54. The molecule has 0 heterocycles. The molecule has 0 aromatic heterocycles. The van der Waals surface area contributed by atoms with Gasteiger partial charge in [0.25, 0.3) is 5.91 Å². The Kier molecular flexibility index (Phi) is 6.25. The second-order valence-electron chi connectivity index (χ2n) is 5.11. The zero-order chi connectivity index (χ0) is 18.4. The Morgan fingerprint density at radius 1 is 1.08 bits per heavy atom. The first-order valence-corrected chi connectivity index (χ1v) is 7.82. The number of rotatable bonds is 6. The third-order valence-corrected chi connectivity index (χ3v) is 3.70. The van der Waals surface area contributed by atoms with Crippen LogP contribution in [0.3, 0.4) is 0 Å². The van der Waals surface area contributed by atoms with E-state index in [0.29, 0.717) is 22.2 Å². The summed E-state index contributed by atoms with van der Waals surface area (Å²) in [6.45, 7) is 1.60. The molecular formula is C18H18ClNO5. The highest BCUT2D eigenvalue weighted by molar-refractivity contribution is 6.33. The average Bonchev–Trinajstić information content (AvgIpc) is 2.62. The summed E-state index contributed by atoms with van der Waals surface area (Å²) in [5, 5.41) is 2.94. The van der Waals surface area contributed by atoms with E-state index in [1.54, 1.807) is 38.3 Å². The van der Waals surface area contributed by atoms with Crippen molar-refractivity contribution in [3.05, 3.63) is 53.1 Å². The lowest BCUT2D eigenvalue weighted by atomic mass is 10.2. The Morgan fingerprint density at radius 3 is 2.48 bits per heavy atom. The fourth-order valence-electron chi connectivity index (χ4n) is 2.03. The van der Waals surface area contributed by atoms with E-state index in [9.17, 15) is 9.59 Å². The van der Waals surface area contributed by atoms with Gasteiger partial charge >= 0.3 is 5.97 Å². The van der Waals surface area contributed by atoms with E-state index < -0.39 is 18.0 Å². The molecule has 0 radical (unpaired) electrons. The topological polar surface area (TPSA) is 73.9 Å². The number of carbonyl (C=O) groups is 2. The molecule has 1 atom stereocenters. The maximum absolute atomic E-state index is 12.3. The van der Waals surface area contributed by atoms with E-state index in [4.69, 9.17) is 21.1 Å². The molecule has 132 valence electrons. The van der Waals surface area contributed by atoms with Crippen molar-refractivity contribution in [1.29, 1.82) is 0 Å². The molecule has 0 saturated heterocycles. The monoisotopic (exact) mass is 363 g/mol. The lowest BCUT2D eigenvalue weighted by molar-refractivity contribution is -0.122. The molecule has 2 aromatic rings. The number of amides is 1. The molecule has 0 spiro atoms. The van der Waals surface area contributed by atoms with Crippen LogP contribution in [0.25, 0.3) is 0 Å². The van der Waals surface area contributed by atoms with Crippen LogP contribution in [0.2, 0.25) is 5.02 Å². The Morgan fingerprint density at radius 2 is 1.80 bits per heavy atom. The van der Waals surface area contributed by atoms with Crippen molar-refractivity contribution < 1.29 is 23.8 Å². The van der Waals surface area contributed by atoms with Gasteiger partial charge in [-0.25, -0.2) is 4.79 Å². The standard InChI is InChI=1S/C18H18ClNO5/c1-11(25-14-6-4-5-13(10-14)23-2)17(21)20-16-9-12(18(22)24-3)7-8-15(16)19/h4-11H,1-3H3,(H,20,21). The third-order valence-electron chi connectivity index (χ3n) is 3.37. The Bertz CT molecular complexity index is 778. The van der Waals surface area contributed by atoms with Crippen molar-refractivity contribution >= 4 is 29.2 Å². The van der Waals surface area contributed by atoms with Gasteiger partial charge in [0.05, 0.1) is 30.5 Å². The fraction of sp³-hybridized carbons (Fsp3) is 0.222. The molecule has 1 amide bonds. The zero-order valence-corrected chi connectivity index (χ0v) is 14.8. The largest absolute Gasteiger partial charge is 0.497 e. The lowest BCUT2D eigenvalue weighted by Gasteiger charge is -2.16. The second-order valence-corrected chi connectivity index (χ2v) is 5.52. The molecule has 0 aliphatic carbocycles. The van der Waals surface area contributed by atoms with Crippen molar-refractivity contribution in [3.63, 3.8) is 0 Å². The molecule has 0 fully saturated rings. The summed E-state index contributed by atoms with van der Waals surface area (Å²) in [5.41, 5.74) is 0.583. The molecule has 25 heavy (non-hydrogen) atoms. The van der Waals surface area contributed by atoms with Crippen LogP contribution in [0.1, 0.15) is 17.3 Å². The summed E-state index contributed by atoms with van der Waals surface area (Å²) in [7, 11) is 2.82. The summed E-state index contributed by atoms with van der Waals surface area (Å²) in [4.78, 5) is 23.9. The van der Waals surface area contributed by atoms with Gasteiger partial charge < -0.3 is 19.5 Å². The molecule has 0 saturated carbocycles. The Labute approximate surface area is 150 Å². The van der Waals surface area contributed by atoms with Crippen LogP contribution in [0, 0.1) is 0 Å². The molecule has 0 aliphatic heterocycles. The van der Waals surface area contributed by atoms with Crippen LogP contribution < -0.4 is 14.8 Å². The smallest absolute Gasteiger partial charge is 0.337 e. The molecule has 2 aromatic carbocycles. The number of anilines is 1. The number of esters is 1. The molecule has 6 nitrogen and oxygen atoms in total. The molecule has 0 bridgehead atoms. The van der Waals surface area contributed by atoms with Gasteiger partial charge in [-0.05, 0) is 37.3 Å². The van der Waals surface area contributed by atoms with Gasteiger partial charge in [-0.3, -0.25) is 4.79 Å². The first-order chi connectivity index (χ1) is 11.9. The van der Waals surface area contributed by atoms with Gasteiger partial charge in [0.1, 0.15) is 11.5 Å². The first-order valence-electron chi connectivity index (χ1n) is 7.44. The number of halogens is 1. The van der Waals surface area contributed by atoms with Gasteiger partial charge in [0.2, 0.25) is 0 Å². The number of benzene rings is 2. The van der Waals surface area contributed by atoms with Gasteiger partial charge in [0.15, 0.2) is 6.10 Å². The second kappa shape index (κ2) is 8.39. The van der Waals surface area contributed by atoms with Crippen LogP contribution in [0.5, 0.6) is 11.5 Å². The summed E-state index contributed by atoms with van der Waals surface area (Å²) < 4.78 is 15.4. The summed E-state index contributed by atoms with van der Waals surface area (Å²) in [5.74, 6) is 0.190. The van der Waals surface area contributed by atoms with E-state index in [2.05, 4.69) is 10.1 Å². The molecule has 7 heteroatoms. The summed E-state index contributed by atoms with van der Waals surface area (Å²) in [6.07, 6.45) is -0.787. The van der Waals surface area contributed by atoms with E-state index in [-0.39, 0.29) is 5.56 Å². The Balaban J connectivity index is 2.09. The van der Waals surface area contributed by atoms with E-state index in [0.717, 1.165) is 0 Å². The fourth-order valence-corrected chi connectivity index (χ4v) is 2.20. The number of carbonyl (C=O) groups excluding carboxylic acids is 2. The van der Waals surface area contributed by atoms with Gasteiger partial charge in [-0.2, -0.15) is 0 Å². The van der Waals surface area contributed by atoms with Crippen molar-refractivity contribution in [2.45, 2.75) is 13.0 Å². The van der Waals surface area contributed by atoms with Crippen LogP contribution in [0.15, 0.2) is 42.5 Å². The average molecular weight is 364 g/mol. The normalized spacial score (nSPS) is 11.4. The minimum atomic E-state index is -0.787. The molecule has 1 unspecified atom stereocenters. The predicted molar refractivity (Wildman–Crippen MR) is 94.5 cm³/mol. The summed E-state index contributed by atoms with van der Waals surface area (Å²) >= 11 is 6.07. The molecule has 0 aliphatic rings. The van der Waals surface area contributed by atoms with Crippen molar-refractivity contribution in [2.75, 3.05) is 19.5 Å². The van der Waals surface area contributed by atoms with Crippen LogP contribution in [-0.2, 0) is 9.53 Å². The maximum atomic E-state index is 12.3. The number of methoxy groups -OCH3 is 2. The van der Waals surface area contributed by atoms with Crippen LogP contribution >= 0.6 is 11.6 Å². The molecule has 2 rings (SSSR count). The molecular weight excluding hydrogens is 346 g/mol. The lowest BCUT2D eigenvalue weighted by Crippen LogP contribution is -2.30. The highest BCUT2D eigenvalue weighted by atomic mass is 35.5. The first kappa shape index (κ1) is 18.6. The number of hydrogen-bond donors (Lipinski definition) is 1. The van der Waals surface area contributed by atoms with Crippen molar-refractivity contribution in [2.24, 2.45) is 0 Å². The third kappa shape index (κ3) is 4.87. The number of hydrogen-bond acceptors (Lipinski definition) is 5. The highest BCUT2D eigenvalue weighted by Crippen LogP contribution is 2.24. The summed E-state index contributed by atoms with van der Waals surface area (Å²) in [6, 6.07) is 11.4. The van der Waals surface area contributed by atoms with Gasteiger partial charge in [-0.15, -0.1) is 0 Å². The van der Waals surface area contributed by atoms with E-state index >= 15 is 0 Å². The van der Waals surface area contributed by atoms with Gasteiger partial charge in [0, 0.05) is 6.07 Å². The van der Waals surface area contributed by atoms with E-state index in [1.807, 2.05) is 0 Å². The van der Waals surface area contributed by atoms with Crippen LogP contribution in [-0.4, -0.2) is 32.2 Å². The quantitative estimate of drug-likeness (QED) is 0.794. The molecule has 1 N–H and O–H groups in total. The Hall–Kier alpha value is -2.73. The zero-order valence-electron chi connectivity index (χ0n) is 14.0. The highest BCUT2D eigenvalue weighted by Gasteiger charge is 2.17. The number of nitrogens with one attached hydrogen (secondary N) is 1. The SMILES string of the molecule is COC(=O)c1ccc(Cl)c(NC(=O)C(C)Oc2cccc(OC)c2)c1. The number of ether oxygens (including phenoxy) is 3. The van der Waals surface area contributed by atoms with Crippen LogP contribution in [0.4, 0.5) is 5.69 Å². The van der Waals surface area contributed by atoms with Crippen molar-refractivity contribution in [3.8, 4) is 11.5 Å². The van der Waals surface area contributed by atoms with Gasteiger partial charge in [-0.1, -0.05) is 17.7 Å². The van der Waals surface area contributed by atoms with Crippen molar-refractivity contribution in [1.82, 2.24) is 0 Å².